The third kappa shape index (κ3) is 20.0. The van der Waals surface area contributed by atoms with E-state index < -0.39 is 11.9 Å². The van der Waals surface area contributed by atoms with Crippen molar-refractivity contribution in [1.82, 2.24) is 0 Å². The maximum absolute atomic E-state index is 11.9. The van der Waals surface area contributed by atoms with Gasteiger partial charge in [-0.25, -0.2) is 0 Å². The number of allylic oxidation sites excluding steroid dienone is 2. The van der Waals surface area contributed by atoms with Gasteiger partial charge >= 0.3 is 11.9 Å². The number of rotatable bonds is 22. The van der Waals surface area contributed by atoms with Crippen LogP contribution < -0.4 is 0 Å². The smallest absolute Gasteiger partial charge is 0.309 e. The summed E-state index contributed by atoms with van der Waals surface area (Å²) >= 11 is 0. The molecule has 0 saturated carbocycles. The zero-order valence-corrected chi connectivity index (χ0v) is 19.8. The summed E-state index contributed by atoms with van der Waals surface area (Å²) in [4.78, 5) is 22.9. The van der Waals surface area contributed by atoms with Crippen LogP contribution >= 0.6 is 0 Å². The molecule has 0 heterocycles. The van der Waals surface area contributed by atoms with Gasteiger partial charge in [0.25, 0.3) is 0 Å². The molecule has 1 atom stereocenters. The summed E-state index contributed by atoms with van der Waals surface area (Å²) in [6, 6.07) is 0. The van der Waals surface area contributed by atoms with Gasteiger partial charge in [-0.1, -0.05) is 96.6 Å². The number of carboxylic acids is 1. The quantitative estimate of drug-likeness (QED) is 0.109. The summed E-state index contributed by atoms with van der Waals surface area (Å²) in [5.74, 6) is -1.78. The number of carbonyl (C=O) groups is 2. The second-order valence-electron chi connectivity index (χ2n) is 8.54. The van der Waals surface area contributed by atoms with E-state index in [1.54, 1.807) is 0 Å². The topological polar surface area (TPSA) is 63.6 Å². The monoisotopic (exact) mass is 424 g/mol. The number of carbonyl (C=O) groups excluding carboxylic acids is 1. The molecule has 1 unspecified atom stereocenters. The lowest BCUT2D eigenvalue weighted by Crippen LogP contribution is -2.21. The van der Waals surface area contributed by atoms with Crippen molar-refractivity contribution in [2.24, 2.45) is 5.92 Å². The van der Waals surface area contributed by atoms with E-state index in [4.69, 9.17) is 9.84 Å². The summed E-state index contributed by atoms with van der Waals surface area (Å²) in [7, 11) is 0. The third-order valence-corrected chi connectivity index (χ3v) is 5.52. The Hall–Kier alpha value is -1.32. The van der Waals surface area contributed by atoms with Crippen LogP contribution in [0.2, 0.25) is 0 Å². The van der Waals surface area contributed by atoms with Gasteiger partial charge in [0.15, 0.2) is 0 Å². The predicted octanol–water partition coefficient (Wildman–Crippen LogP) is 7.85. The van der Waals surface area contributed by atoms with E-state index in [-0.39, 0.29) is 12.4 Å². The SMILES string of the molecule is CCCCCCCCCCCC/C=C/CCCCCC(CC(=O)O)C(=O)OCCC. The van der Waals surface area contributed by atoms with Crippen molar-refractivity contribution in [3.63, 3.8) is 0 Å². The van der Waals surface area contributed by atoms with Crippen molar-refractivity contribution >= 4 is 11.9 Å². The zero-order valence-electron chi connectivity index (χ0n) is 19.8. The Kier molecular flexibility index (Phi) is 21.4. The van der Waals surface area contributed by atoms with Gasteiger partial charge in [-0.3, -0.25) is 9.59 Å². The van der Waals surface area contributed by atoms with Gasteiger partial charge in [0.2, 0.25) is 0 Å². The maximum atomic E-state index is 11.9. The molecule has 0 bridgehead atoms. The highest BCUT2D eigenvalue weighted by molar-refractivity contribution is 5.79. The van der Waals surface area contributed by atoms with Crippen LogP contribution in [-0.4, -0.2) is 23.7 Å². The van der Waals surface area contributed by atoms with Crippen LogP contribution in [0.15, 0.2) is 12.2 Å². The zero-order chi connectivity index (χ0) is 22.3. The number of esters is 1. The van der Waals surface area contributed by atoms with E-state index in [0.717, 1.165) is 32.1 Å². The molecular weight excluding hydrogens is 376 g/mol. The molecule has 30 heavy (non-hydrogen) atoms. The molecular formula is C26H48O4. The number of aliphatic carboxylic acids is 1. The molecule has 0 aromatic heterocycles. The Morgan fingerprint density at radius 3 is 1.73 bits per heavy atom. The molecule has 0 fully saturated rings. The first-order valence-corrected chi connectivity index (χ1v) is 12.6. The van der Waals surface area contributed by atoms with Gasteiger partial charge in [-0.15, -0.1) is 0 Å². The molecule has 0 spiro atoms. The fourth-order valence-corrected chi connectivity index (χ4v) is 3.65. The summed E-state index contributed by atoms with van der Waals surface area (Å²) in [6.07, 6.45) is 24.9. The van der Waals surface area contributed by atoms with Crippen LogP contribution in [-0.2, 0) is 14.3 Å². The average Bonchev–Trinajstić information content (AvgIpc) is 2.73. The average molecular weight is 425 g/mol. The number of carboxylic acid groups (broad SMARTS) is 1. The van der Waals surface area contributed by atoms with Crippen LogP contribution in [0.5, 0.6) is 0 Å². The van der Waals surface area contributed by atoms with Crippen LogP contribution in [0.3, 0.4) is 0 Å². The fraction of sp³-hybridized carbons (Fsp3) is 0.846. The molecule has 176 valence electrons. The molecule has 0 aliphatic heterocycles. The lowest BCUT2D eigenvalue weighted by Gasteiger charge is -2.13. The molecule has 0 aliphatic carbocycles. The van der Waals surface area contributed by atoms with Gasteiger partial charge in [0.05, 0.1) is 18.9 Å². The summed E-state index contributed by atoms with van der Waals surface area (Å²) < 4.78 is 5.12. The molecule has 0 amide bonds. The molecule has 0 aromatic rings. The number of hydrogen-bond acceptors (Lipinski definition) is 3. The van der Waals surface area contributed by atoms with Gasteiger partial charge < -0.3 is 9.84 Å². The third-order valence-electron chi connectivity index (χ3n) is 5.52. The van der Waals surface area contributed by atoms with Crippen molar-refractivity contribution in [1.29, 1.82) is 0 Å². The van der Waals surface area contributed by atoms with Crippen molar-refractivity contribution in [3.05, 3.63) is 12.2 Å². The van der Waals surface area contributed by atoms with Crippen LogP contribution in [0.4, 0.5) is 0 Å². The molecule has 0 aliphatic rings. The molecule has 4 nitrogen and oxygen atoms in total. The number of unbranched alkanes of at least 4 members (excludes halogenated alkanes) is 13. The van der Waals surface area contributed by atoms with E-state index in [2.05, 4.69) is 19.1 Å². The van der Waals surface area contributed by atoms with Crippen LogP contribution in [0.1, 0.15) is 129 Å². The Bertz CT molecular complexity index is 431. The molecule has 0 saturated heterocycles. The van der Waals surface area contributed by atoms with E-state index in [0.29, 0.717) is 13.0 Å². The molecule has 0 rings (SSSR count). The first-order chi connectivity index (χ1) is 14.6. The summed E-state index contributed by atoms with van der Waals surface area (Å²) in [5, 5.41) is 8.98. The van der Waals surface area contributed by atoms with E-state index in [9.17, 15) is 9.59 Å². The molecule has 0 aromatic carbocycles. The second kappa shape index (κ2) is 22.4. The Morgan fingerprint density at radius 2 is 1.23 bits per heavy atom. The number of ether oxygens (including phenoxy) is 1. The van der Waals surface area contributed by atoms with Crippen LogP contribution in [0, 0.1) is 5.92 Å². The molecule has 4 heteroatoms. The van der Waals surface area contributed by atoms with E-state index >= 15 is 0 Å². The first-order valence-electron chi connectivity index (χ1n) is 12.6. The minimum Gasteiger partial charge on any atom is -0.481 e. The normalized spacial score (nSPS) is 12.3. The van der Waals surface area contributed by atoms with Crippen molar-refractivity contribution in [2.75, 3.05) is 6.61 Å². The Balaban J connectivity index is 3.56. The molecule has 1 N–H and O–H groups in total. The van der Waals surface area contributed by atoms with E-state index in [1.807, 2.05) is 6.92 Å². The largest absolute Gasteiger partial charge is 0.481 e. The Morgan fingerprint density at radius 1 is 0.733 bits per heavy atom. The second-order valence-corrected chi connectivity index (χ2v) is 8.54. The van der Waals surface area contributed by atoms with Crippen molar-refractivity contribution < 1.29 is 19.4 Å². The highest BCUT2D eigenvalue weighted by atomic mass is 16.5. The van der Waals surface area contributed by atoms with Gasteiger partial charge in [0, 0.05) is 0 Å². The molecule has 0 radical (unpaired) electrons. The van der Waals surface area contributed by atoms with E-state index in [1.165, 1.54) is 70.6 Å². The highest BCUT2D eigenvalue weighted by Gasteiger charge is 2.22. The lowest BCUT2D eigenvalue weighted by atomic mass is 9.97. The van der Waals surface area contributed by atoms with Crippen molar-refractivity contribution in [2.45, 2.75) is 129 Å². The van der Waals surface area contributed by atoms with Crippen molar-refractivity contribution in [3.8, 4) is 0 Å². The Labute approximate surface area is 185 Å². The first kappa shape index (κ1) is 28.7. The highest BCUT2D eigenvalue weighted by Crippen LogP contribution is 2.17. The fourth-order valence-electron chi connectivity index (χ4n) is 3.65. The predicted molar refractivity (Wildman–Crippen MR) is 126 cm³/mol. The lowest BCUT2D eigenvalue weighted by molar-refractivity contribution is -0.153. The number of hydrogen-bond donors (Lipinski definition) is 1. The summed E-state index contributed by atoms with van der Waals surface area (Å²) in [5.41, 5.74) is 0. The van der Waals surface area contributed by atoms with Gasteiger partial charge in [0.1, 0.15) is 0 Å². The minimum absolute atomic E-state index is 0.124. The van der Waals surface area contributed by atoms with Gasteiger partial charge in [-0.05, 0) is 38.5 Å². The summed E-state index contributed by atoms with van der Waals surface area (Å²) in [6.45, 7) is 4.57. The maximum Gasteiger partial charge on any atom is 0.309 e. The van der Waals surface area contributed by atoms with Gasteiger partial charge in [-0.2, -0.15) is 0 Å². The standard InChI is InChI=1S/C26H48O4/c1-3-5-6-7-8-9-10-11-12-13-14-15-16-17-18-19-20-21-24(23-25(27)28)26(29)30-22-4-2/h15-16,24H,3-14,17-23H2,1-2H3,(H,27,28)/b16-15+. The van der Waals surface area contributed by atoms with Crippen LogP contribution in [0.25, 0.3) is 0 Å². The minimum atomic E-state index is -0.927.